The highest BCUT2D eigenvalue weighted by molar-refractivity contribution is 5.44. The first-order valence-electron chi connectivity index (χ1n) is 4.39. The zero-order valence-electron chi connectivity index (χ0n) is 7.32. The van der Waals surface area contributed by atoms with Crippen molar-refractivity contribution in [2.24, 2.45) is 0 Å². The third-order valence-corrected chi connectivity index (χ3v) is 2.44. The van der Waals surface area contributed by atoms with Crippen molar-refractivity contribution in [1.29, 1.82) is 0 Å². The molecule has 0 radical (unpaired) electrons. The third-order valence-electron chi connectivity index (χ3n) is 2.44. The van der Waals surface area contributed by atoms with Gasteiger partial charge in [0, 0.05) is 11.6 Å². The van der Waals surface area contributed by atoms with Crippen LogP contribution in [0.5, 0.6) is 11.5 Å². The molecular formula is C10H10O3. The van der Waals surface area contributed by atoms with E-state index in [4.69, 9.17) is 14.2 Å². The third kappa shape index (κ3) is 1.08. The lowest BCUT2D eigenvalue weighted by atomic mass is 10.1. The molecule has 0 aromatic heterocycles. The van der Waals surface area contributed by atoms with Crippen LogP contribution in [0.15, 0.2) is 18.2 Å². The summed E-state index contributed by atoms with van der Waals surface area (Å²) in [4.78, 5) is 0. The molecular weight excluding hydrogens is 168 g/mol. The van der Waals surface area contributed by atoms with E-state index in [1.807, 2.05) is 18.2 Å². The number of epoxide rings is 1. The van der Waals surface area contributed by atoms with Crippen molar-refractivity contribution in [1.82, 2.24) is 0 Å². The molecule has 68 valence electrons. The van der Waals surface area contributed by atoms with Gasteiger partial charge in [-0.2, -0.15) is 0 Å². The molecule has 0 aliphatic carbocycles. The highest BCUT2D eigenvalue weighted by atomic mass is 16.7. The second kappa shape index (κ2) is 2.39. The minimum atomic E-state index is 0.224. The van der Waals surface area contributed by atoms with Crippen molar-refractivity contribution in [3.8, 4) is 11.5 Å². The number of hydrogen-bond acceptors (Lipinski definition) is 3. The molecule has 0 amide bonds. The van der Waals surface area contributed by atoms with Gasteiger partial charge in [-0.05, 0) is 19.1 Å². The summed E-state index contributed by atoms with van der Waals surface area (Å²) >= 11 is 0. The monoisotopic (exact) mass is 178 g/mol. The first-order chi connectivity index (χ1) is 6.34. The van der Waals surface area contributed by atoms with Crippen molar-refractivity contribution in [3.63, 3.8) is 0 Å². The van der Waals surface area contributed by atoms with Gasteiger partial charge in [0.15, 0.2) is 0 Å². The van der Waals surface area contributed by atoms with Crippen LogP contribution in [0.2, 0.25) is 0 Å². The normalized spacial score (nSPS) is 29.0. The van der Waals surface area contributed by atoms with Crippen LogP contribution >= 0.6 is 0 Å². The van der Waals surface area contributed by atoms with Crippen molar-refractivity contribution in [2.75, 3.05) is 6.79 Å². The lowest BCUT2D eigenvalue weighted by Gasteiger charge is -2.17. The summed E-state index contributed by atoms with van der Waals surface area (Å²) in [7, 11) is 0. The van der Waals surface area contributed by atoms with Gasteiger partial charge in [0.1, 0.15) is 17.6 Å². The Morgan fingerprint density at radius 1 is 1.31 bits per heavy atom. The van der Waals surface area contributed by atoms with Crippen LogP contribution in [-0.2, 0) is 4.74 Å². The van der Waals surface area contributed by atoms with Crippen LogP contribution < -0.4 is 9.47 Å². The molecule has 0 saturated carbocycles. The summed E-state index contributed by atoms with van der Waals surface area (Å²) in [5.74, 6) is 1.77. The zero-order chi connectivity index (χ0) is 8.84. The molecule has 1 fully saturated rings. The number of benzene rings is 1. The molecule has 3 nitrogen and oxygen atoms in total. The zero-order valence-corrected chi connectivity index (χ0v) is 7.32. The quantitative estimate of drug-likeness (QED) is 0.615. The Balaban J connectivity index is 2.02. The van der Waals surface area contributed by atoms with Gasteiger partial charge in [-0.25, -0.2) is 0 Å². The molecule has 2 aliphatic rings. The van der Waals surface area contributed by atoms with Crippen LogP contribution in [0, 0.1) is 0 Å². The topological polar surface area (TPSA) is 31.0 Å². The van der Waals surface area contributed by atoms with Gasteiger partial charge in [-0.1, -0.05) is 0 Å². The summed E-state index contributed by atoms with van der Waals surface area (Å²) in [6, 6.07) is 5.88. The highest BCUT2D eigenvalue weighted by Crippen LogP contribution is 2.44. The van der Waals surface area contributed by atoms with Gasteiger partial charge < -0.3 is 14.2 Å². The highest BCUT2D eigenvalue weighted by Gasteiger charge is 2.38. The van der Waals surface area contributed by atoms with Crippen LogP contribution in [-0.4, -0.2) is 12.9 Å². The van der Waals surface area contributed by atoms with E-state index < -0.39 is 0 Å². The van der Waals surface area contributed by atoms with Gasteiger partial charge >= 0.3 is 0 Å². The largest absolute Gasteiger partial charge is 0.457 e. The predicted molar refractivity (Wildman–Crippen MR) is 45.9 cm³/mol. The Bertz CT molecular complexity index is 348. The Hall–Kier alpha value is -1.22. The number of ether oxygens (including phenoxy) is 3. The summed E-state index contributed by atoms with van der Waals surface area (Å²) in [5, 5.41) is 0. The molecule has 3 rings (SSSR count). The maximum Gasteiger partial charge on any atom is 0.230 e. The minimum Gasteiger partial charge on any atom is -0.457 e. The molecule has 3 heteroatoms. The van der Waals surface area contributed by atoms with Crippen molar-refractivity contribution >= 4 is 0 Å². The van der Waals surface area contributed by atoms with Crippen LogP contribution in [0.25, 0.3) is 0 Å². The van der Waals surface area contributed by atoms with Crippen LogP contribution in [0.3, 0.4) is 0 Å². The molecule has 13 heavy (non-hydrogen) atoms. The molecule has 0 N–H and O–H groups in total. The van der Waals surface area contributed by atoms with Crippen LogP contribution in [0.1, 0.15) is 18.6 Å². The molecule has 0 spiro atoms. The Kier molecular flexibility index (Phi) is 1.32. The summed E-state index contributed by atoms with van der Waals surface area (Å²) in [6.07, 6.45) is 0.552. The lowest BCUT2D eigenvalue weighted by Crippen LogP contribution is -2.11. The molecule has 2 heterocycles. The van der Waals surface area contributed by atoms with E-state index in [1.54, 1.807) is 0 Å². The van der Waals surface area contributed by atoms with E-state index in [1.165, 1.54) is 0 Å². The Labute approximate surface area is 76.2 Å². The number of hydrogen-bond donors (Lipinski definition) is 0. The van der Waals surface area contributed by atoms with Gasteiger partial charge in [-0.3, -0.25) is 0 Å². The predicted octanol–water partition coefficient (Wildman–Crippen LogP) is 1.88. The average Bonchev–Trinajstić information content (AvgIpc) is 2.83. The molecule has 2 unspecified atom stereocenters. The van der Waals surface area contributed by atoms with E-state index in [-0.39, 0.29) is 6.10 Å². The average molecular weight is 178 g/mol. The smallest absolute Gasteiger partial charge is 0.230 e. The van der Waals surface area contributed by atoms with Gasteiger partial charge in [-0.15, -0.1) is 0 Å². The fourth-order valence-corrected chi connectivity index (χ4v) is 1.64. The number of fused-ring (bicyclic) bond motifs is 2. The van der Waals surface area contributed by atoms with E-state index >= 15 is 0 Å². The molecule has 1 aromatic carbocycles. The fraction of sp³-hybridized carbons (Fsp3) is 0.400. The second-order valence-corrected chi connectivity index (χ2v) is 3.37. The summed E-state index contributed by atoms with van der Waals surface area (Å²) in [5.41, 5.74) is 1.14. The van der Waals surface area contributed by atoms with Gasteiger partial charge in [0.05, 0.1) is 6.10 Å². The SMILES string of the molecule is CC1OC1c1ccc2cc1OCO2. The van der Waals surface area contributed by atoms with E-state index in [0.717, 1.165) is 17.1 Å². The maximum absolute atomic E-state index is 5.39. The first kappa shape index (κ1) is 7.21. The van der Waals surface area contributed by atoms with Crippen LogP contribution in [0.4, 0.5) is 0 Å². The Morgan fingerprint density at radius 2 is 2.15 bits per heavy atom. The van der Waals surface area contributed by atoms with E-state index in [0.29, 0.717) is 12.9 Å². The van der Waals surface area contributed by atoms with Gasteiger partial charge in [0.2, 0.25) is 6.79 Å². The maximum atomic E-state index is 5.39. The van der Waals surface area contributed by atoms with E-state index in [2.05, 4.69) is 6.92 Å². The Morgan fingerprint density at radius 3 is 2.92 bits per heavy atom. The van der Waals surface area contributed by atoms with Crippen molar-refractivity contribution in [2.45, 2.75) is 19.1 Å². The molecule has 2 aliphatic heterocycles. The summed E-state index contributed by atoms with van der Waals surface area (Å²) < 4.78 is 16.0. The molecule has 1 aromatic rings. The lowest BCUT2D eigenvalue weighted by molar-refractivity contribution is 0.104. The first-order valence-corrected chi connectivity index (χ1v) is 4.39. The summed E-state index contributed by atoms with van der Waals surface area (Å²) in [6.45, 7) is 2.38. The molecule has 2 bridgehead atoms. The second-order valence-electron chi connectivity index (χ2n) is 3.37. The number of rotatable bonds is 1. The van der Waals surface area contributed by atoms with Crippen molar-refractivity contribution < 1.29 is 14.2 Å². The minimum absolute atomic E-state index is 0.224. The van der Waals surface area contributed by atoms with Gasteiger partial charge in [0.25, 0.3) is 0 Å². The van der Waals surface area contributed by atoms with E-state index in [9.17, 15) is 0 Å². The molecule has 2 atom stereocenters. The van der Waals surface area contributed by atoms with Crippen molar-refractivity contribution in [3.05, 3.63) is 23.8 Å². The fourth-order valence-electron chi connectivity index (χ4n) is 1.64. The molecule has 1 saturated heterocycles. The standard InChI is InChI=1S/C10H10O3/c1-6-10(13-6)8-3-2-7-4-9(8)12-5-11-7/h2-4,6,10H,5H2,1H3.